The summed E-state index contributed by atoms with van der Waals surface area (Å²) in [4.78, 5) is 35.4. The fourth-order valence-corrected chi connectivity index (χ4v) is 1.97. The molecule has 7 nitrogen and oxygen atoms in total. The van der Waals surface area contributed by atoms with E-state index in [1.807, 2.05) is 19.1 Å². The summed E-state index contributed by atoms with van der Waals surface area (Å²) in [5.41, 5.74) is 2.07. The van der Waals surface area contributed by atoms with E-state index in [4.69, 9.17) is 4.74 Å². The average Bonchev–Trinajstić information content (AvgIpc) is 2.61. The Morgan fingerprint density at radius 1 is 0.920 bits per heavy atom. The molecule has 130 valence electrons. The molecule has 0 heterocycles. The van der Waals surface area contributed by atoms with E-state index in [1.54, 1.807) is 36.4 Å². The van der Waals surface area contributed by atoms with Crippen LogP contribution in [0.25, 0.3) is 0 Å². The van der Waals surface area contributed by atoms with Gasteiger partial charge in [-0.1, -0.05) is 23.8 Å². The molecular formula is C18H19N3O4. The van der Waals surface area contributed by atoms with Crippen LogP contribution in [0.4, 0.5) is 11.4 Å². The van der Waals surface area contributed by atoms with Crippen molar-refractivity contribution in [1.29, 1.82) is 0 Å². The highest BCUT2D eigenvalue weighted by Crippen LogP contribution is 2.16. The molecule has 0 aliphatic carbocycles. The molecule has 0 unspecified atom stereocenters. The minimum atomic E-state index is -0.888. The van der Waals surface area contributed by atoms with E-state index < -0.39 is 17.7 Å². The van der Waals surface area contributed by atoms with Gasteiger partial charge in [-0.3, -0.25) is 14.4 Å². The third-order valence-corrected chi connectivity index (χ3v) is 3.28. The molecule has 0 aliphatic rings. The molecule has 0 bridgehead atoms. The number of rotatable bonds is 5. The SMILES string of the molecule is COc1cccc(NC(=O)CNC(=O)C(=O)Nc2ccc(C)cc2)c1. The Balaban J connectivity index is 1.80. The van der Waals surface area contributed by atoms with Crippen molar-refractivity contribution in [2.75, 3.05) is 24.3 Å². The van der Waals surface area contributed by atoms with Crippen LogP contribution in [0.15, 0.2) is 48.5 Å². The van der Waals surface area contributed by atoms with Gasteiger partial charge in [0.15, 0.2) is 0 Å². The van der Waals surface area contributed by atoms with Crippen molar-refractivity contribution in [1.82, 2.24) is 5.32 Å². The van der Waals surface area contributed by atoms with Gasteiger partial charge < -0.3 is 20.7 Å². The molecule has 0 aliphatic heterocycles. The van der Waals surface area contributed by atoms with E-state index in [0.717, 1.165) is 5.56 Å². The Morgan fingerprint density at radius 2 is 1.64 bits per heavy atom. The van der Waals surface area contributed by atoms with E-state index >= 15 is 0 Å². The predicted octanol–water partition coefficient (Wildman–Crippen LogP) is 1.70. The lowest BCUT2D eigenvalue weighted by Crippen LogP contribution is -2.39. The second-order valence-electron chi connectivity index (χ2n) is 5.28. The zero-order valence-corrected chi connectivity index (χ0v) is 14.0. The van der Waals surface area contributed by atoms with Gasteiger partial charge in [0.1, 0.15) is 5.75 Å². The minimum Gasteiger partial charge on any atom is -0.497 e. The normalized spacial score (nSPS) is 9.84. The number of amides is 3. The topological polar surface area (TPSA) is 96.5 Å². The molecule has 0 spiro atoms. The number of nitrogens with one attached hydrogen (secondary N) is 3. The number of methoxy groups -OCH3 is 1. The quantitative estimate of drug-likeness (QED) is 0.721. The number of benzene rings is 2. The molecule has 0 radical (unpaired) electrons. The monoisotopic (exact) mass is 341 g/mol. The van der Waals surface area contributed by atoms with Crippen molar-refractivity contribution < 1.29 is 19.1 Å². The second kappa shape index (κ2) is 8.49. The average molecular weight is 341 g/mol. The fourth-order valence-electron chi connectivity index (χ4n) is 1.97. The Bertz CT molecular complexity index is 772. The number of carbonyl (C=O) groups excluding carboxylic acids is 3. The summed E-state index contributed by atoms with van der Waals surface area (Å²) in [6, 6.07) is 13.8. The van der Waals surface area contributed by atoms with Crippen LogP contribution in [0.3, 0.4) is 0 Å². The van der Waals surface area contributed by atoms with Gasteiger partial charge in [-0.05, 0) is 31.2 Å². The van der Waals surface area contributed by atoms with Crippen molar-refractivity contribution in [2.45, 2.75) is 6.92 Å². The van der Waals surface area contributed by atoms with Crippen LogP contribution in [0.5, 0.6) is 5.75 Å². The van der Waals surface area contributed by atoms with E-state index in [2.05, 4.69) is 16.0 Å². The molecule has 0 atom stereocenters. The lowest BCUT2D eigenvalue weighted by molar-refractivity contribution is -0.136. The molecule has 2 aromatic rings. The van der Waals surface area contributed by atoms with Gasteiger partial charge in [0.05, 0.1) is 13.7 Å². The number of anilines is 2. The zero-order valence-electron chi connectivity index (χ0n) is 14.0. The fraction of sp³-hybridized carbons (Fsp3) is 0.167. The van der Waals surface area contributed by atoms with Crippen LogP contribution in [0.1, 0.15) is 5.56 Å². The van der Waals surface area contributed by atoms with Crippen LogP contribution in [-0.4, -0.2) is 31.4 Å². The van der Waals surface area contributed by atoms with Gasteiger partial charge in [-0.15, -0.1) is 0 Å². The van der Waals surface area contributed by atoms with Crippen molar-refractivity contribution in [3.8, 4) is 5.75 Å². The first kappa shape index (κ1) is 18.0. The molecule has 0 saturated carbocycles. The number of ether oxygens (including phenoxy) is 1. The smallest absolute Gasteiger partial charge is 0.313 e. The third kappa shape index (κ3) is 5.65. The lowest BCUT2D eigenvalue weighted by atomic mass is 10.2. The highest BCUT2D eigenvalue weighted by molar-refractivity contribution is 6.39. The van der Waals surface area contributed by atoms with Gasteiger partial charge in [-0.2, -0.15) is 0 Å². The Morgan fingerprint density at radius 3 is 2.32 bits per heavy atom. The maximum Gasteiger partial charge on any atom is 0.313 e. The summed E-state index contributed by atoms with van der Waals surface area (Å²) in [6.45, 7) is 1.59. The Labute approximate surface area is 145 Å². The van der Waals surface area contributed by atoms with Gasteiger partial charge in [0.2, 0.25) is 5.91 Å². The first-order chi connectivity index (χ1) is 12.0. The van der Waals surface area contributed by atoms with Crippen molar-refractivity contribution in [2.24, 2.45) is 0 Å². The molecule has 25 heavy (non-hydrogen) atoms. The summed E-state index contributed by atoms with van der Waals surface area (Å²) < 4.78 is 5.06. The Kier molecular flexibility index (Phi) is 6.11. The van der Waals surface area contributed by atoms with Crippen molar-refractivity contribution >= 4 is 29.1 Å². The van der Waals surface area contributed by atoms with Crippen molar-refractivity contribution in [3.63, 3.8) is 0 Å². The van der Waals surface area contributed by atoms with E-state index in [1.165, 1.54) is 7.11 Å². The first-order valence-electron chi connectivity index (χ1n) is 7.57. The molecule has 3 N–H and O–H groups in total. The van der Waals surface area contributed by atoms with Crippen LogP contribution in [0, 0.1) is 6.92 Å². The largest absolute Gasteiger partial charge is 0.497 e. The Hall–Kier alpha value is -3.35. The zero-order chi connectivity index (χ0) is 18.2. The third-order valence-electron chi connectivity index (χ3n) is 3.28. The molecule has 2 rings (SSSR count). The van der Waals surface area contributed by atoms with Crippen LogP contribution < -0.4 is 20.7 Å². The van der Waals surface area contributed by atoms with Crippen LogP contribution >= 0.6 is 0 Å². The molecule has 0 saturated heterocycles. The van der Waals surface area contributed by atoms with Gasteiger partial charge in [0.25, 0.3) is 0 Å². The number of hydrogen-bond donors (Lipinski definition) is 3. The molecule has 3 amide bonds. The summed E-state index contributed by atoms with van der Waals surface area (Å²) in [6.07, 6.45) is 0. The highest BCUT2D eigenvalue weighted by Gasteiger charge is 2.15. The minimum absolute atomic E-state index is 0.322. The predicted molar refractivity (Wildman–Crippen MR) is 94.4 cm³/mol. The van der Waals surface area contributed by atoms with E-state index in [0.29, 0.717) is 17.1 Å². The molecule has 0 aromatic heterocycles. The summed E-state index contributed by atoms with van der Waals surface area (Å²) in [5, 5.41) is 7.33. The van der Waals surface area contributed by atoms with Crippen LogP contribution in [0.2, 0.25) is 0 Å². The van der Waals surface area contributed by atoms with Crippen LogP contribution in [-0.2, 0) is 14.4 Å². The number of hydrogen-bond acceptors (Lipinski definition) is 4. The molecule has 7 heteroatoms. The lowest BCUT2D eigenvalue weighted by Gasteiger charge is -2.08. The standard InChI is InChI=1S/C18H19N3O4/c1-12-6-8-13(9-7-12)21-18(24)17(23)19-11-16(22)20-14-4-3-5-15(10-14)25-2/h3-10H,11H2,1-2H3,(H,19,23)(H,20,22)(H,21,24). The number of carbonyl (C=O) groups is 3. The summed E-state index contributed by atoms with van der Waals surface area (Å²) >= 11 is 0. The van der Waals surface area contributed by atoms with Gasteiger partial charge in [-0.25, -0.2) is 0 Å². The number of aryl methyl sites for hydroxylation is 1. The summed E-state index contributed by atoms with van der Waals surface area (Å²) in [7, 11) is 1.52. The molecule has 0 fully saturated rings. The van der Waals surface area contributed by atoms with Crippen molar-refractivity contribution in [3.05, 3.63) is 54.1 Å². The van der Waals surface area contributed by atoms with Gasteiger partial charge in [0, 0.05) is 17.4 Å². The van der Waals surface area contributed by atoms with E-state index in [-0.39, 0.29) is 6.54 Å². The summed E-state index contributed by atoms with van der Waals surface area (Å²) in [5.74, 6) is -1.58. The first-order valence-corrected chi connectivity index (χ1v) is 7.57. The second-order valence-corrected chi connectivity index (χ2v) is 5.28. The maximum atomic E-state index is 11.8. The highest BCUT2D eigenvalue weighted by atomic mass is 16.5. The maximum absolute atomic E-state index is 11.8. The van der Waals surface area contributed by atoms with E-state index in [9.17, 15) is 14.4 Å². The molecule has 2 aromatic carbocycles. The molecular weight excluding hydrogens is 322 g/mol. The van der Waals surface area contributed by atoms with Gasteiger partial charge >= 0.3 is 11.8 Å².